The summed E-state index contributed by atoms with van der Waals surface area (Å²) in [5, 5.41) is 0. The van der Waals surface area contributed by atoms with E-state index in [-0.39, 0.29) is 5.54 Å². The maximum Gasteiger partial charge on any atom is 0.0283 e. The van der Waals surface area contributed by atoms with Gasteiger partial charge in [-0.3, -0.25) is 0 Å². The van der Waals surface area contributed by atoms with Crippen LogP contribution in [0.15, 0.2) is 0 Å². The summed E-state index contributed by atoms with van der Waals surface area (Å²) < 4.78 is 0. The molecule has 2 aliphatic rings. The van der Waals surface area contributed by atoms with Crippen molar-refractivity contribution in [3.63, 3.8) is 0 Å². The third kappa shape index (κ3) is 2.94. The van der Waals surface area contributed by atoms with Crippen LogP contribution in [0.2, 0.25) is 0 Å². The van der Waals surface area contributed by atoms with E-state index in [1.807, 2.05) is 0 Å². The molecule has 0 spiro atoms. The van der Waals surface area contributed by atoms with Crippen LogP contribution in [-0.2, 0) is 0 Å². The molecule has 0 aromatic carbocycles. The summed E-state index contributed by atoms with van der Waals surface area (Å²) in [6.45, 7) is 8.38. The van der Waals surface area contributed by atoms with Gasteiger partial charge in [0, 0.05) is 18.6 Å². The van der Waals surface area contributed by atoms with Gasteiger partial charge in [0.1, 0.15) is 0 Å². The summed E-state index contributed by atoms with van der Waals surface area (Å²) in [5.41, 5.74) is 7.14. The van der Waals surface area contributed by atoms with Crippen LogP contribution >= 0.6 is 0 Å². The molecule has 0 radical (unpaired) electrons. The molecular weight excluding hydrogens is 184 g/mol. The van der Waals surface area contributed by atoms with Crippen molar-refractivity contribution in [2.75, 3.05) is 19.6 Å². The molecule has 0 atom stereocenters. The second kappa shape index (κ2) is 4.06. The lowest BCUT2D eigenvalue weighted by molar-refractivity contribution is 0.185. The molecular formula is C13H26N2. The van der Waals surface area contributed by atoms with Gasteiger partial charge in [-0.15, -0.1) is 0 Å². The van der Waals surface area contributed by atoms with Crippen molar-refractivity contribution in [3.8, 4) is 0 Å². The van der Waals surface area contributed by atoms with E-state index in [9.17, 15) is 0 Å². The minimum absolute atomic E-state index is 0.138. The van der Waals surface area contributed by atoms with Crippen LogP contribution in [-0.4, -0.2) is 30.1 Å². The zero-order chi connectivity index (χ0) is 10.9. The fraction of sp³-hybridized carbons (Fsp3) is 1.00. The maximum atomic E-state index is 6.49. The summed E-state index contributed by atoms with van der Waals surface area (Å²) in [4.78, 5) is 2.59. The number of hydrogen-bond donors (Lipinski definition) is 1. The van der Waals surface area contributed by atoms with Crippen molar-refractivity contribution < 1.29 is 0 Å². The third-order valence-electron chi connectivity index (χ3n) is 4.14. The number of nitrogens with two attached hydrogens (primary N) is 1. The highest BCUT2D eigenvalue weighted by molar-refractivity contribution is 4.93. The number of hydrogen-bond acceptors (Lipinski definition) is 2. The average molecular weight is 210 g/mol. The molecule has 1 heterocycles. The molecule has 0 amide bonds. The first-order valence-corrected chi connectivity index (χ1v) is 6.51. The molecule has 1 aliphatic carbocycles. The molecule has 0 aromatic rings. The monoisotopic (exact) mass is 210 g/mol. The Hall–Kier alpha value is -0.0800. The predicted molar refractivity (Wildman–Crippen MR) is 64.8 cm³/mol. The van der Waals surface area contributed by atoms with Gasteiger partial charge in [-0.25, -0.2) is 0 Å². The van der Waals surface area contributed by atoms with Crippen LogP contribution in [0.3, 0.4) is 0 Å². The van der Waals surface area contributed by atoms with Gasteiger partial charge in [-0.1, -0.05) is 33.1 Å². The van der Waals surface area contributed by atoms with Crippen LogP contribution < -0.4 is 5.73 Å². The molecule has 1 saturated heterocycles. The van der Waals surface area contributed by atoms with Crippen molar-refractivity contribution in [3.05, 3.63) is 0 Å². The van der Waals surface area contributed by atoms with Crippen LogP contribution in [0.5, 0.6) is 0 Å². The molecule has 2 nitrogen and oxygen atoms in total. The topological polar surface area (TPSA) is 29.3 Å². The van der Waals surface area contributed by atoms with E-state index < -0.39 is 0 Å². The lowest BCUT2D eigenvalue weighted by atomic mass is 9.82. The number of likely N-dealkylation sites (tertiary alicyclic amines) is 1. The summed E-state index contributed by atoms with van der Waals surface area (Å²) in [5.74, 6) is 0. The minimum Gasteiger partial charge on any atom is -0.324 e. The van der Waals surface area contributed by atoms with Gasteiger partial charge in [0.05, 0.1) is 0 Å². The predicted octanol–water partition coefficient (Wildman–Crippen LogP) is 2.38. The molecule has 2 fully saturated rings. The summed E-state index contributed by atoms with van der Waals surface area (Å²) in [6.07, 6.45) is 7.89. The van der Waals surface area contributed by atoms with E-state index in [1.54, 1.807) is 0 Å². The number of nitrogens with zero attached hydrogens (tertiary/aromatic N) is 1. The second-order valence-electron chi connectivity index (χ2n) is 6.55. The molecule has 88 valence electrons. The Morgan fingerprint density at radius 3 is 2.27 bits per heavy atom. The normalized spacial score (nSPS) is 30.6. The Morgan fingerprint density at radius 2 is 1.73 bits per heavy atom. The van der Waals surface area contributed by atoms with Crippen molar-refractivity contribution in [1.29, 1.82) is 0 Å². The number of rotatable bonds is 2. The first-order valence-electron chi connectivity index (χ1n) is 6.51. The lowest BCUT2D eigenvalue weighted by Gasteiger charge is -2.37. The first kappa shape index (κ1) is 11.4. The lowest BCUT2D eigenvalue weighted by Crippen LogP contribution is -2.51. The van der Waals surface area contributed by atoms with Crippen molar-refractivity contribution in [1.82, 2.24) is 4.90 Å². The van der Waals surface area contributed by atoms with Gasteiger partial charge in [0.2, 0.25) is 0 Å². The van der Waals surface area contributed by atoms with E-state index in [0.717, 1.165) is 6.54 Å². The standard InChI is InChI=1S/C13H26N2/c1-12(2)8-9-15(10-12)11-13(14)6-4-3-5-7-13/h3-11,14H2,1-2H3. The molecule has 2 N–H and O–H groups in total. The smallest absolute Gasteiger partial charge is 0.0283 e. The van der Waals surface area contributed by atoms with Crippen LogP contribution in [0, 0.1) is 5.41 Å². The van der Waals surface area contributed by atoms with Crippen LogP contribution in [0.1, 0.15) is 52.4 Å². The Morgan fingerprint density at radius 1 is 1.07 bits per heavy atom. The van der Waals surface area contributed by atoms with E-state index in [0.29, 0.717) is 5.41 Å². The Kier molecular flexibility index (Phi) is 3.09. The van der Waals surface area contributed by atoms with E-state index in [4.69, 9.17) is 5.73 Å². The highest BCUT2D eigenvalue weighted by Gasteiger charge is 2.35. The molecule has 0 bridgehead atoms. The molecule has 0 unspecified atom stereocenters. The van der Waals surface area contributed by atoms with Gasteiger partial charge >= 0.3 is 0 Å². The van der Waals surface area contributed by atoms with Gasteiger partial charge in [-0.05, 0) is 31.2 Å². The Labute approximate surface area is 94.2 Å². The molecule has 1 saturated carbocycles. The van der Waals surface area contributed by atoms with Crippen LogP contribution in [0.25, 0.3) is 0 Å². The molecule has 2 rings (SSSR count). The van der Waals surface area contributed by atoms with Crippen molar-refractivity contribution >= 4 is 0 Å². The van der Waals surface area contributed by atoms with Crippen molar-refractivity contribution in [2.24, 2.45) is 11.1 Å². The van der Waals surface area contributed by atoms with Crippen LogP contribution in [0.4, 0.5) is 0 Å². The van der Waals surface area contributed by atoms with E-state index in [1.165, 1.54) is 51.6 Å². The van der Waals surface area contributed by atoms with E-state index in [2.05, 4.69) is 18.7 Å². The van der Waals surface area contributed by atoms with Gasteiger partial charge in [0.25, 0.3) is 0 Å². The summed E-state index contributed by atoms with van der Waals surface area (Å²) in [7, 11) is 0. The zero-order valence-corrected chi connectivity index (χ0v) is 10.4. The molecule has 2 heteroatoms. The van der Waals surface area contributed by atoms with Crippen molar-refractivity contribution in [2.45, 2.75) is 57.9 Å². The quantitative estimate of drug-likeness (QED) is 0.758. The fourth-order valence-electron chi connectivity index (χ4n) is 3.22. The van der Waals surface area contributed by atoms with Gasteiger partial charge < -0.3 is 10.6 Å². The van der Waals surface area contributed by atoms with Gasteiger partial charge in [-0.2, -0.15) is 0 Å². The fourth-order valence-corrected chi connectivity index (χ4v) is 3.22. The Balaban J connectivity index is 1.86. The summed E-state index contributed by atoms with van der Waals surface area (Å²) >= 11 is 0. The first-order chi connectivity index (χ1) is 6.99. The Bertz CT molecular complexity index is 217. The minimum atomic E-state index is 0.138. The molecule has 15 heavy (non-hydrogen) atoms. The SMILES string of the molecule is CC1(C)CCN(CC2(N)CCCCC2)C1. The third-order valence-corrected chi connectivity index (χ3v) is 4.14. The zero-order valence-electron chi connectivity index (χ0n) is 10.4. The highest BCUT2D eigenvalue weighted by atomic mass is 15.2. The largest absolute Gasteiger partial charge is 0.324 e. The van der Waals surface area contributed by atoms with Gasteiger partial charge in [0.15, 0.2) is 0 Å². The second-order valence-corrected chi connectivity index (χ2v) is 6.55. The molecule has 1 aliphatic heterocycles. The maximum absolute atomic E-state index is 6.49. The summed E-state index contributed by atoms with van der Waals surface area (Å²) in [6, 6.07) is 0. The average Bonchev–Trinajstić information content (AvgIpc) is 2.45. The van der Waals surface area contributed by atoms with E-state index >= 15 is 0 Å². The molecule has 0 aromatic heterocycles. The highest BCUT2D eigenvalue weighted by Crippen LogP contribution is 2.32.